The number of carbonyl (C=O) groups is 2. The standard InChI is InChI=1S/C18H34N6O3/c1-19-18(21-7-3-4-16(25)22-15-5-6-15)24-11-9-23(10-12-24)14-17(26)20-8-13-27-2/h15H,3-14H2,1-2H3,(H,19,21)(H,20,26)(H,22,25). The van der Waals surface area contributed by atoms with Crippen LogP contribution in [0.2, 0.25) is 0 Å². The zero-order chi connectivity index (χ0) is 19.5. The van der Waals surface area contributed by atoms with E-state index in [2.05, 4.69) is 30.7 Å². The lowest BCUT2D eigenvalue weighted by molar-refractivity contribution is -0.123. The lowest BCUT2D eigenvalue weighted by Gasteiger charge is -2.36. The van der Waals surface area contributed by atoms with Gasteiger partial charge in [0.25, 0.3) is 0 Å². The maximum atomic E-state index is 11.9. The summed E-state index contributed by atoms with van der Waals surface area (Å²) in [5, 5.41) is 9.19. The van der Waals surface area contributed by atoms with Gasteiger partial charge in [-0.25, -0.2) is 0 Å². The van der Waals surface area contributed by atoms with Crippen LogP contribution in [0.15, 0.2) is 4.99 Å². The summed E-state index contributed by atoms with van der Waals surface area (Å²) in [5.41, 5.74) is 0. The van der Waals surface area contributed by atoms with E-state index in [0.29, 0.717) is 32.2 Å². The van der Waals surface area contributed by atoms with Crippen molar-refractivity contribution >= 4 is 17.8 Å². The van der Waals surface area contributed by atoms with Crippen molar-refractivity contribution < 1.29 is 14.3 Å². The average molecular weight is 383 g/mol. The maximum Gasteiger partial charge on any atom is 0.234 e. The van der Waals surface area contributed by atoms with Gasteiger partial charge in [0, 0.05) is 65.9 Å². The zero-order valence-corrected chi connectivity index (χ0v) is 16.6. The Morgan fingerprint density at radius 2 is 1.81 bits per heavy atom. The second-order valence-corrected chi connectivity index (χ2v) is 7.03. The van der Waals surface area contributed by atoms with Crippen molar-refractivity contribution in [3.63, 3.8) is 0 Å². The second kappa shape index (κ2) is 11.8. The van der Waals surface area contributed by atoms with Gasteiger partial charge in [0.2, 0.25) is 11.8 Å². The van der Waals surface area contributed by atoms with E-state index in [1.165, 1.54) is 0 Å². The molecule has 1 saturated carbocycles. The van der Waals surface area contributed by atoms with Crippen LogP contribution in [-0.4, -0.2) is 100 Å². The van der Waals surface area contributed by atoms with Crippen molar-refractivity contribution in [2.75, 3.05) is 66.6 Å². The third-order valence-corrected chi connectivity index (χ3v) is 4.69. The largest absolute Gasteiger partial charge is 0.383 e. The van der Waals surface area contributed by atoms with Crippen molar-refractivity contribution in [3.8, 4) is 0 Å². The van der Waals surface area contributed by atoms with Crippen LogP contribution in [0.4, 0.5) is 0 Å². The molecule has 27 heavy (non-hydrogen) atoms. The summed E-state index contributed by atoms with van der Waals surface area (Å²) < 4.78 is 4.93. The van der Waals surface area contributed by atoms with Crippen molar-refractivity contribution in [1.29, 1.82) is 0 Å². The van der Waals surface area contributed by atoms with Gasteiger partial charge in [-0.15, -0.1) is 0 Å². The van der Waals surface area contributed by atoms with Gasteiger partial charge in [-0.1, -0.05) is 0 Å². The minimum absolute atomic E-state index is 0.0347. The molecule has 0 unspecified atom stereocenters. The van der Waals surface area contributed by atoms with E-state index >= 15 is 0 Å². The Bertz CT molecular complexity index is 501. The minimum Gasteiger partial charge on any atom is -0.383 e. The van der Waals surface area contributed by atoms with Gasteiger partial charge in [0.05, 0.1) is 13.2 Å². The first-order valence-corrected chi connectivity index (χ1v) is 9.85. The average Bonchev–Trinajstić information content (AvgIpc) is 3.47. The molecule has 3 N–H and O–H groups in total. The fourth-order valence-electron chi connectivity index (χ4n) is 2.98. The van der Waals surface area contributed by atoms with Crippen molar-refractivity contribution in [2.24, 2.45) is 4.99 Å². The molecular weight excluding hydrogens is 348 g/mol. The Hall–Kier alpha value is -1.87. The second-order valence-electron chi connectivity index (χ2n) is 7.03. The molecule has 9 nitrogen and oxygen atoms in total. The molecule has 1 aliphatic carbocycles. The van der Waals surface area contributed by atoms with Crippen LogP contribution in [0, 0.1) is 0 Å². The zero-order valence-electron chi connectivity index (χ0n) is 16.6. The van der Waals surface area contributed by atoms with Gasteiger partial charge in [-0.2, -0.15) is 0 Å². The monoisotopic (exact) mass is 382 g/mol. The lowest BCUT2D eigenvalue weighted by atomic mass is 10.3. The van der Waals surface area contributed by atoms with Crippen LogP contribution >= 0.6 is 0 Å². The van der Waals surface area contributed by atoms with Gasteiger partial charge in [0.1, 0.15) is 0 Å². The Morgan fingerprint density at radius 3 is 2.44 bits per heavy atom. The van der Waals surface area contributed by atoms with Crippen LogP contribution in [0.5, 0.6) is 0 Å². The van der Waals surface area contributed by atoms with E-state index in [-0.39, 0.29) is 11.8 Å². The molecule has 2 fully saturated rings. The fraction of sp³-hybridized carbons (Fsp3) is 0.833. The quantitative estimate of drug-likeness (QED) is 0.255. The summed E-state index contributed by atoms with van der Waals surface area (Å²) in [6.45, 7) is 5.52. The molecule has 0 aromatic heterocycles. The van der Waals surface area contributed by atoms with Crippen molar-refractivity contribution in [1.82, 2.24) is 25.8 Å². The number of piperazine rings is 1. The predicted molar refractivity (Wildman–Crippen MR) is 105 cm³/mol. The molecule has 1 saturated heterocycles. The molecule has 0 spiro atoms. The molecule has 9 heteroatoms. The SMILES string of the molecule is CN=C(NCCCC(=O)NC1CC1)N1CCN(CC(=O)NCCOC)CC1. The molecule has 1 aliphatic heterocycles. The Labute approximate surface area is 161 Å². The van der Waals surface area contributed by atoms with Crippen LogP contribution in [0.25, 0.3) is 0 Å². The molecular formula is C18H34N6O3. The predicted octanol–water partition coefficient (Wildman–Crippen LogP) is -0.999. The van der Waals surface area contributed by atoms with Gasteiger partial charge >= 0.3 is 0 Å². The molecule has 2 amide bonds. The lowest BCUT2D eigenvalue weighted by Crippen LogP contribution is -2.54. The third kappa shape index (κ3) is 8.57. The number of amides is 2. The van der Waals surface area contributed by atoms with E-state index in [9.17, 15) is 9.59 Å². The van der Waals surface area contributed by atoms with Gasteiger partial charge in [-0.3, -0.25) is 19.5 Å². The Balaban J connectivity index is 1.58. The molecule has 0 bridgehead atoms. The molecule has 2 rings (SSSR count). The van der Waals surface area contributed by atoms with Crippen LogP contribution in [0.1, 0.15) is 25.7 Å². The number of aliphatic imine (C=N–C) groups is 1. The normalized spacial score (nSPS) is 18.3. The number of carbonyl (C=O) groups excluding carboxylic acids is 2. The smallest absolute Gasteiger partial charge is 0.234 e. The molecule has 0 radical (unpaired) electrons. The number of ether oxygens (including phenoxy) is 1. The van der Waals surface area contributed by atoms with E-state index in [0.717, 1.165) is 57.9 Å². The first-order chi connectivity index (χ1) is 13.1. The molecule has 1 heterocycles. The Kier molecular flexibility index (Phi) is 9.34. The minimum atomic E-state index is 0.0347. The maximum absolute atomic E-state index is 11.9. The van der Waals surface area contributed by atoms with Gasteiger partial charge in [0.15, 0.2) is 5.96 Å². The summed E-state index contributed by atoms with van der Waals surface area (Å²) in [5.74, 6) is 1.04. The third-order valence-electron chi connectivity index (χ3n) is 4.69. The Morgan fingerprint density at radius 1 is 1.07 bits per heavy atom. The number of hydrogen-bond donors (Lipinski definition) is 3. The van der Waals surface area contributed by atoms with Crippen LogP contribution in [-0.2, 0) is 14.3 Å². The van der Waals surface area contributed by atoms with E-state index in [1.54, 1.807) is 14.2 Å². The van der Waals surface area contributed by atoms with Crippen LogP contribution < -0.4 is 16.0 Å². The number of nitrogens with one attached hydrogen (secondary N) is 3. The first-order valence-electron chi connectivity index (χ1n) is 9.85. The number of methoxy groups -OCH3 is 1. The summed E-state index contributed by atoms with van der Waals surface area (Å²) in [7, 11) is 3.40. The first kappa shape index (κ1) is 21.4. The summed E-state index contributed by atoms with van der Waals surface area (Å²) in [6, 6.07) is 0.427. The van der Waals surface area contributed by atoms with E-state index < -0.39 is 0 Å². The molecule has 0 aromatic carbocycles. The summed E-state index contributed by atoms with van der Waals surface area (Å²) >= 11 is 0. The van der Waals surface area contributed by atoms with Gasteiger partial charge in [-0.05, 0) is 19.3 Å². The fourth-order valence-corrected chi connectivity index (χ4v) is 2.98. The summed E-state index contributed by atoms with van der Waals surface area (Å²) in [6.07, 6.45) is 3.58. The highest BCUT2D eigenvalue weighted by Crippen LogP contribution is 2.18. The highest BCUT2D eigenvalue weighted by atomic mass is 16.5. The number of rotatable bonds is 10. The van der Waals surface area contributed by atoms with E-state index in [1.807, 2.05) is 0 Å². The van der Waals surface area contributed by atoms with Crippen LogP contribution in [0.3, 0.4) is 0 Å². The van der Waals surface area contributed by atoms with E-state index in [4.69, 9.17) is 4.74 Å². The number of guanidine groups is 1. The summed E-state index contributed by atoms with van der Waals surface area (Å²) in [4.78, 5) is 32.2. The highest BCUT2D eigenvalue weighted by molar-refractivity contribution is 5.80. The van der Waals surface area contributed by atoms with Crippen molar-refractivity contribution in [3.05, 3.63) is 0 Å². The number of hydrogen-bond acceptors (Lipinski definition) is 5. The van der Waals surface area contributed by atoms with Crippen molar-refractivity contribution in [2.45, 2.75) is 31.7 Å². The van der Waals surface area contributed by atoms with Gasteiger partial charge < -0.3 is 25.6 Å². The molecule has 2 aliphatic rings. The number of nitrogens with zero attached hydrogens (tertiary/aromatic N) is 3. The molecule has 0 aromatic rings. The topological polar surface area (TPSA) is 98.3 Å². The molecule has 0 atom stereocenters. The highest BCUT2D eigenvalue weighted by Gasteiger charge is 2.23. The molecule has 154 valence electrons.